The van der Waals surface area contributed by atoms with Crippen LogP contribution in [0.15, 0.2) is 48.8 Å². The van der Waals surface area contributed by atoms with Crippen LogP contribution in [0.3, 0.4) is 0 Å². The van der Waals surface area contributed by atoms with E-state index in [2.05, 4.69) is 17.1 Å². The molecule has 20 heavy (non-hydrogen) atoms. The quantitative estimate of drug-likeness (QED) is 0.874. The van der Waals surface area contributed by atoms with Crippen LogP contribution in [0.5, 0.6) is 5.75 Å². The van der Waals surface area contributed by atoms with Crippen molar-refractivity contribution in [2.75, 3.05) is 0 Å². The fraction of sp³-hybridized carbons (Fsp3) is 0.353. The lowest BCUT2D eigenvalue weighted by molar-refractivity contribution is 0.241. The van der Waals surface area contributed by atoms with Crippen LogP contribution in [-0.2, 0) is 6.42 Å². The number of nitrogens with two attached hydrogens (primary N) is 1. The Labute approximate surface area is 120 Å². The average Bonchev–Trinajstić information content (AvgIpc) is 2.45. The molecule has 3 nitrogen and oxygen atoms in total. The molecule has 1 aromatic carbocycles. The molecule has 3 heteroatoms. The number of rotatable bonds is 6. The molecule has 0 saturated carbocycles. The number of hydrogen-bond donors (Lipinski definition) is 1. The van der Waals surface area contributed by atoms with Gasteiger partial charge in [-0.3, -0.25) is 4.98 Å². The smallest absolute Gasteiger partial charge is 0.138 e. The molecule has 106 valence electrons. The van der Waals surface area contributed by atoms with Gasteiger partial charge in [0.05, 0.1) is 12.3 Å². The van der Waals surface area contributed by atoms with Crippen LogP contribution < -0.4 is 10.5 Å². The van der Waals surface area contributed by atoms with Gasteiger partial charge in [0.1, 0.15) is 5.75 Å². The zero-order chi connectivity index (χ0) is 14.4. The summed E-state index contributed by atoms with van der Waals surface area (Å²) in [5.41, 5.74) is 8.55. The molecule has 2 rings (SSSR count). The van der Waals surface area contributed by atoms with Crippen LogP contribution in [0.4, 0.5) is 0 Å². The second kappa shape index (κ2) is 7.06. The number of benzene rings is 1. The Kier molecular flexibility index (Phi) is 5.13. The maximum atomic E-state index is 6.21. The molecule has 0 aliphatic rings. The summed E-state index contributed by atoms with van der Waals surface area (Å²) in [6.45, 7) is 4.02. The van der Waals surface area contributed by atoms with E-state index < -0.39 is 0 Å². The first-order chi connectivity index (χ1) is 9.65. The lowest BCUT2D eigenvalue weighted by Crippen LogP contribution is -2.11. The minimum Gasteiger partial charge on any atom is -0.489 e. The molecule has 0 aliphatic heterocycles. The molecule has 0 radical (unpaired) electrons. The zero-order valence-corrected chi connectivity index (χ0v) is 12.1. The molecule has 0 aliphatic carbocycles. The van der Waals surface area contributed by atoms with Gasteiger partial charge in [-0.1, -0.05) is 30.3 Å². The summed E-state index contributed by atoms with van der Waals surface area (Å²) in [6.07, 6.45) is 5.60. The van der Waals surface area contributed by atoms with Gasteiger partial charge in [-0.2, -0.15) is 0 Å². The standard InChI is InChI=1S/C17H22N2O/c1-13(2)20-16-10-14(11-19-12-16)8-9-17(18)15-6-4-3-5-7-15/h3-7,10-13,17H,8-9,18H2,1-2H3. The third-order valence-electron chi connectivity index (χ3n) is 3.11. The molecular formula is C17H22N2O. The second-order valence-electron chi connectivity index (χ2n) is 5.25. The summed E-state index contributed by atoms with van der Waals surface area (Å²) in [6, 6.07) is 12.3. The van der Waals surface area contributed by atoms with E-state index in [0.29, 0.717) is 0 Å². The van der Waals surface area contributed by atoms with Crippen LogP contribution in [-0.4, -0.2) is 11.1 Å². The number of hydrogen-bond acceptors (Lipinski definition) is 3. The van der Waals surface area contributed by atoms with Crippen molar-refractivity contribution in [3.05, 3.63) is 59.9 Å². The molecule has 1 unspecified atom stereocenters. The Bertz CT molecular complexity index is 526. The van der Waals surface area contributed by atoms with Gasteiger partial charge in [0.15, 0.2) is 0 Å². The van der Waals surface area contributed by atoms with Crippen LogP contribution >= 0.6 is 0 Å². The third kappa shape index (κ3) is 4.35. The number of aryl methyl sites for hydroxylation is 1. The molecular weight excluding hydrogens is 248 g/mol. The zero-order valence-electron chi connectivity index (χ0n) is 12.1. The average molecular weight is 270 g/mol. The van der Waals surface area contributed by atoms with E-state index in [9.17, 15) is 0 Å². The minimum atomic E-state index is 0.0610. The molecule has 1 heterocycles. The van der Waals surface area contributed by atoms with Gasteiger partial charge in [-0.05, 0) is 43.9 Å². The van der Waals surface area contributed by atoms with Crippen LogP contribution in [0, 0.1) is 0 Å². The number of pyridine rings is 1. The molecule has 1 aromatic heterocycles. The maximum Gasteiger partial charge on any atom is 0.138 e. The monoisotopic (exact) mass is 270 g/mol. The number of aromatic nitrogens is 1. The van der Waals surface area contributed by atoms with E-state index in [1.165, 1.54) is 5.56 Å². The van der Waals surface area contributed by atoms with E-state index in [1.807, 2.05) is 44.3 Å². The Balaban J connectivity index is 1.94. The first-order valence-electron chi connectivity index (χ1n) is 7.06. The maximum absolute atomic E-state index is 6.21. The summed E-state index contributed by atoms with van der Waals surface area (Å²) in [5, 5.41) is 0. The molecule has 1 atom stereocenters. The van der Waals surface area contributed by atoms with Crippen molar-refractivity contribution in [3.8, 4) is 5.75 Å². The number of nitrogens with zero attached hydrogens (tertiary/aromatic N) is 1. The van der Waals surface area contributed by atoms with E-state index in [4.69, 9.17) is 10.5 Å². The first kappa shape index (κ1) is 14.5. The van der Waals surface area contributed by atoms with Crippen molar-refractivity contribution in [1.82, 2.24) is 4.98 Å². The fourth-order valence-corrected chi connectivity index (χ4v) is 2.13. The Morgan fingerprint density at radius 2 is 1.90 bits per heavy atom. The van der Waals surface area contributed by atoms with Gasteiger partial charge in [0.25, 0.3) is 0 Å². The van der Waals surface area contributed by atoms with Crippen LogP contribution in [0.2, 0.25) is 0 Å². The van der Waals surface area contributed by atoms with Crippen LogP contribution in [0.1, 0.15) is 37.4 Å². The highest BCUT2D eigenvalue weighted by Crippen LogP contribution is 2.19. The van der Waals surface area contributed by atoms with Gasteiger partial charge in [-0.25, -0.2) is 0 Å². The Hall–Kier alpha value is -1.87. The van der Waals surface area contributed by atoms with E-state index in [0.717, 1.165) is 24.2 Å². The number of ether oxygens (including phenoxy) is 1. The second-order valence-corrected chi connectivity index (χ2v) is 5.25. The highest BCUT2D eigenvalue weighted by atomic mass is 16.5. The lowest BCUT2D eigenvalue weighted by atomic mass is 10.0. The molecule has 0 amide bonds. The predicted octanol–water partition coefficient (Wildman–Crippen LogP) is 3.50. The van der Waals surface area contributed by atoms with Crippen molar-refractivity contribution in [1.29, 1.82) is 0 Å². The van der Waals surface area contributed by atoms with Gasteiger partial charge >= 0.3 is 0 Å². The van der Waals surface area contributed by atoms with Crippen molar-refractivity contribution in [3.63, 3.8) is 0 Å². The molecule has 2 aromatic rings. The topological polar surface area (TPSA) is 48.1 Å². The summed E-state index contributed by atoms with van der Waals surface area (Å²) in [5.74, 6) is 0.825. The van der Waals surface area contributed by atoms with Crippen molar-refractivity contribution in [2.24, 2.45) is 5.73 Å². The largest absolute Gasteiger partial charge is 0.489 e. The van der Waals surface area contributed by atoms with Gasteiger partial charge in [0, 0.05) is 12.2 Å². The van der Waals surface area contributed by atoms with Crippen molar-refractivity contribution < 1.29 is 4.74 Å². The normalized spacial score (nSPS) is 12.4. The van der Waals surface area contributed by atoms with E-state index in [-0.39, 0.29) is 12.1 Å². The third-order valence-corrected chi connectivity index (χ3v) is 3.11. The summed E-state index contributed by atoms with van der Waals surface area (Å²) in [4.78, 5) is 4.22. The summed E-state index contributed by atoms with van der Waals surface area (Å²) < 4.78 is 5.65. The highest BCUT2D eigenvalue weighted by Gasteiger charge is 2.07. The molecule has 0 saturated heterocycles. The fourth-order valence-electron chi connectivity index (χ4n) is 2.13. The minimum absolute atomic E-state index is 0.0610. The van der Waals surface area contributed by atoms with Crippen LogP contribution in [0.25, 0.3) is 0 Å². The van der Waals surface area contributed by atoms with E-state index in [1.54, 1.807) is 6.20 Å². The SMILES string of the molecule is CC(C)Oc1cncc(CCC(N)c2ccccc2)c1. The Morgan fingerprint density at radius 3 is 2.60 bits per heavy atom. The molecule has 0 spiro atoms. The van der Waals surface area contributed by atoms with E-state index >= 15 is 0 Å². The lowest BCUT2D eigenvalue weighted by Gasteiger charge is -2.13. The first-order valence-corrected chi connectivity index (χ1v) is 7.06. The van der Waals surface area contributed by atoms with Crippen molar-refractivity contribution in [2.45, 2.75) is 38.8 Å². The summed E-state index contributed by atoms with van der Waals surface area (Å²) >= 11 is 0. The predicted molar refractivity (Wildman–Crippen MR) is 81.7 cm³/mol. The van der Waals surface area contributed by atoms with Gasteiger partial charge < -0.3 is 10.5 Å². The Morgan fingerprint density at radius 1 is 1.15 bits per heavy atom. The summed E-state index contributed by atoms with van der Waals surface area (Å²) in [7, 11) is 0. The molecule has 0 bridgehead atoms. The highest BCUT2D eigenvalue weighted by molar-refractivity contribution is 5.24. The molecule has 0 fully saturated rings. The van der Waals surface area contributed by atoms with Crippen molar-refractivity contribution >= 4 is 0 Å². The van der Waals surface area contributed by atoms with Gasteiger partial charge in [-0.15, -0.1) is 0 Å². The van der Waals surface area contributed by atoms with Gasteiger partial charge in [0.2, 0.25) is 0 Å². The molecule has 2 N–H and O–H groups in total.